The van der Waals surface area contributed by atoms with E-state index in [1.807, 2.05) is 0 Å². The highest BCUT2D eigenvalue weighted by molar-refractivity contribution is 5.58. The van der Waals surface area contributed by atoms with E-state index in [-0.39, 0.29) is 0 Å². The van der Waals surface area contributed by atoms with Gasteiger partial charge in [0.05, 0.1) is 6.54 Å². The summed E-state index contributed by atoms with van der Waals surface area (Å²) in [4.78, 5) is 0. The van der Waals surface area contributed by atoms with Gasteiger partial charge in [-0.1, -0.05) is 17.2 Å². The SMILES string of the molecule is Cc1cc(C)cc(-c2nnc(CN)n2C2CC2)c1. The molecule has 1 saturated carbocycles. The summed E-state index contributed by atoms with van der Waals surface area (Å²) in [5.41, 5.74) is 9.40. The zero-order valence-corrected chi connectivity index (χ0v) is 10.8. The summed E-state index contributed by atoms with van der Waals surface area (Å²) in [7, 11) is 0. The minimum Gasteiger partial charge on any atom is -0.324 e. The average molecular weight is 242 g/mol. The first-order valence-corrected chi connectivity index (χ1v) is 6.41. The molecule has 0 spiro atoms. The lowest BCUT2D eigenvalue weighted by molar-refractivity contribution is 0.688. The number of aryl methyl sites for hydroxylation is 2. The van der Waals surface area contributed by atoms with Crippen molar-refractivity contribution in [3.05, 3.63) is 35.2 Å². The molecule has 0 amide bonds. The van der Waals surface area contributed by atoms with Gasteiger partial charge in [-0.2, -0.15) is 0 Å². The predicted octanol–water partition coefficient (Wildman–Crippen LogP) is 2.36. The maximum absolute atomic E-state index is 5.74. The first-order valence-electron chi connectivity index (χ1n) is 6.41. The Morgan fingerprint density at radius 3 is 2.39 bits per heavy atom. The van der Waals surface area contributed by atoms with Crippen LogP contribution in [0.1, 0.15) is 35.8 Å². The van der Waals surface area contributed by atoms with Crippen LogP contribution in [-0.2, 0) is 6.54 Å². The van der Waals surface area contributed by atoms with Crippen molar-refractivity contribution in [3.8, 4) is 11.4 Å². The quantitative estimate of drug-likeness (QED) is 0.898. The fourth-order valence-corrected chi connectivity index (χ4v) is 2.48. The molecule has 4 heteroatoms. The summed E-state index contributed by atoms with van der Waals surface area (Å²) in [5, 5.41) is 8.55. The molecule has 0 aliphatic heterocycles. The maximum Gasteiger partial charge on any atom is 0.164 e. The van der Waals surface area contributed by atoms with Gasteiger partial charge in [-0.25, -0.2) is 0 Å². The number of nitrogens with two attached hydrogens (primary N) is 1. The molecular formula is C14H18N4. The Bertz CT molecular complexity index is 561. The first kappa shape index (κ1) is 11.4. The van der Waals surface area contributed by atoms with Crippen molar-refractivity contribution in [2.45, 2.75) is 39.3 Å². The molecule has 4 nitrogen and oxygen atoms in total. The molecule has 3 rings (SSSR count). The van der Waals surface area contributed by atoms with Crippen molar-refractivity contribution in [2.75, 3.05) is 0 Å². The van der Waals surface area contributed by atoms with Gasteiger partial charge in [0.15, 0.2) is 5.82 Å². The van der Waals surface area contributed by atoms with Crippen LogP contribution in [0, 0.1) is 13.8 Å². The second-order valence-electron chi connectivity index (χ2n) is 5.12. The van der Waals surface area contributed by atoms with Crippen LogP contribution in [0.5, 0.6) is 0 Å². The number of hydrogen-bond acceptors (Lipinski definition) is 3. The van der Waals surface area contributed by atoms with E-state index in [2.05, 4.69) is 46.8 Å². The predicted molar refractivity (Wildman–Crippen MR) is 71.1 cm³/mol. The number of hydrogen-bond donors (Lipinski definition) is 1. The highest BCUT2D eigenvalue weighted by Gasteiger charge is 2.29. The second kappa shape index (κ2) is 4.21. The maximum atomic E-state index is 5.74. The number of nitrogens with zero attached hydrogens (tertiary/aromatic N) is 3. The van der Waals surface area contributed by atoms with Crippen molar-refractivity contribution in [1.29, 1.82) is 0 Å². The lowest BCUT2D eigenvalue weighted by Gasteiger charge is -2.09. The van der Waals surface area contributed by atoms with Gasteiger partial charge in [0.25, 0.3) is 0 Å². The van der Waals surface area contributed by atoms with Crippen molar-refractivity contribution >= 4 is 0 Å². The Labute approximate surface area is 107 Å². The van der Waals surface area contributed by atoms with Gasteiger partial charge in [0.2, 0.25) is 0 Å². The van der Waals surface area contributed by atoms with Crippen LogP contribution in [-0.4, -0.2) is 14.8 Å². The van der Waals surface area contributed by atoms with Gasteiger partial charge in [-0.05, 0) is 38.8 Å². The zero-order chi connectivity index (χ0) is 12.7. The third-order valence-corrected chi connectivity index (χ3v) is 3.34. The molecular weight excluding hydrogens is 224 g/mol. The molecule has 1 aliphatic carbocycles. The Balaban J connectivity index is 2.13. The van der Waals surface area contributed by atoms with Crippen LogP contribution in [0.2, 0.25) is 0 Å². The molecule has 1 aliphatic rings. The zero-order valence-electron chi connectivity index (χ0n) is 10.8. The summed E-state index contributed by atoms with van der Waals surface area (Å²) < 4.78 is 2.22. The van der Waals surface area contributed by atoms with E-state index in [0.717, 1.165) is 17.2 Å². The summed E-state index contributed by atoms with van der Waals surface area (Å²) in [6.45, 7) is 4.67. The molecule has 0 atom stereocenters. The minimum atomic E-state index is 0.453. The van der Waals surface area contributed by atoms with Gasteiger partial charge in [-0.3, -0.25) is 0 Å². The summed E-state index contributed by atoms with van der Waals surface area (Å²) >= 11 is 0. The van der Waals surface area contributed by atoms with Gasteiger partial charge in [0, 0.05) is 11.6 Å². The third kappa shape index (κ3) is 1.93. The molecule has 18 heavy (non-hydrogen) atoms. The van der Waals surface area contributed by atoms with E-state index in [1.54, 1.807) is 0 Å². The number of benzene rings is 1. The summed E-state index contributed by atoms with van der Waals surface area (Å²) in [6, 6.07) is 7.05. The Kier molecular flexibility index (Phi) is 2.67. The highest BCUT2D eigenvalue weighted by atomic mass is 15.3. The molecule has 2 aromatic rings. The lowest BCUT2D eigenvalue weighted by atomic mass is 10.1. The molecule has 1 aromatic heterocycles. The lowest BCUT2D eigenvalue weighted by Crippen LogP contribution is -2.08. The molecule has 94 valence electrons. The molecule has 1 heterocycles. The molecule has 0 saturated heterocycles. The van der Waals surface area contributed by atoms with E-state index in [1.165, 1.54) is 24.0 Å². The van der Waals surface area contributed by atoms with Gasteiger partial charge in [-0.15, -0.1) is 10.2 Å². The van der Waals surface area contributed by atoms with Crippen molar-refractivity contribution in [2.24, 2.45) is 5.73 Å². The molecule has 0 radical (unpaired) electrons. The number of rotatable bonds is 3. The molecule has 0 bridgehead atoms. The van der Waals surface area contributed by atoms with Crippen LogP contribution in [0.3, 0.4) is 0 Å². The Morgan fingerprint density at radius 2 is 1.83 bits per heavy atom. The number of aromatic nitrogens is 3. The van der Waals surface area contributed by atoms with Crippen molar-refractivity contribution < 1.29 is 0 Å². The first-order chi connectivity index (χ1) is 8.69. The van der Waals surface area contributed by atoms with Crippen molar-refractivity contribution in [3.63, 3.8) is 0 Å². The topological polar surface area (TPSA) is 56.7 Å². The minimum absolute atomic E-state index is 0.453. The van der Waals surface area contributed by atoms with Crippen LogP contribution >= 0.6 is 0 Å². The van der Waals surface area contributed by atoms with E-state index in [9.17, 15) is 0 Å². The summed E-state index contributed by atoms with van der Waals surface area (Å²) in [5.74, 6) is 1.86. The highest BCUT2D eigenvalue weighted by Crippen LogP contribution is 2.39. The van der Waals surface area contributed by atoms with Crippen LogP contribution in [0.25, 0.3) is 11.4 Å². The average Bonchev–Trinajstić information content (AvgIpc) is 3.07. The monoisotopic (exact) mass is 242 g/mol. The largest absolute Gasteiger partial charge is 0.324 e. The van der Waals surface area contributed by atoms with Crippen LogP contribution < -0.4 is 5.73 Å². The van der Waals surface area contributed by atoms with Crippen LogP contribution in [0.4, 0.5) is 0 Å². The Morgan fingerprint density at radius 1 is 1.17 bits per heavy atom. The normalized spacial score (nSPS) is 15.1. The van der Waals surface area contributed by atoms with E-state index < -0.39 is 0 Å². The van der Waals surface area contributed by atoms with Gasteiger partial charge in [0.1, 0.15) is 5.82 Å². The second-order valence-corrected chi connectivity index (χ2v) is 5.12. The van der Waals surface area contributed by atoms with Crippen LogP contribution in [0.15, 0.2) is 18.2 Å². The van der Waals surface area contributed by atoms with E-state index in [4.69, 9.17) is 5.73 Å². The molecule has 0 unspecified atom stereocenters. The fraction of sp³-hybridized carbons (Fsp3) is 0.429. The third-order valence-electron chi connectivity index (χ3n) is 3.34. The van der Waals surface area contributed by atoms with Crippen molar-refractivity contribution in [1.82, 2.24) is 14.8 Å². The smallest absolute Gasteiger partial charge is 0.164 e. The fourth-order valence-electron chi connectivity index (χ4n) is 2.48. The molecule has 1 aromatic carbocycles. The van der Waals surface area contributed by atoms with E-state index >= 15 is 0 Å². The van der Waals surface area contributed by atoms with Gasteiger partial charge < -0.3 is 10.3 Å². The van der Waals surface area contributed by atoms with Gasteiger partial charge >= 0.3 is 0 Å². The van der Waals surface area contributed by atoms with E-state index in [0.29, 0.717) is 12.6 Å². The Hall–Kier alpha value is -1.68. The molecule has 2 N–H and O–H groups in total. The summed E-state index contributed by atoms with van der Waals surface area (Å²) in [6.07, 6.45) is 2.42. The molecule has 1 fully saturated rings. The standard InChI is InChI=1S/C14H18N4/c1-9-5-10(2)7-11(6-9)14-17-16-13(8-15)18(14)12-3-4-12/h5-7,12H,3-4,8,15H2,1-2H3.